The molecule has 6 aromatic rings. The molecule has 33 heavy (non-hydrogen) atoms. The van der Waals surface area contributed by atoms with Crippen LogP contribution in [0.1, 0.15) is 5.82 Å². The molecule has 2 N–H and O–H groups in total. The number of imidazole rings is 3. The maximum atomic E-state index is 13.9. The Hall–Kier alpha value is -4.31. The zero-order chi connectivity index (χ0) is 22.4. The van der Waals surface area contributed by atoms with E-state index in [0.29, 0.717) is 46.0 Å². The van der Waals surface area contributed by atoms with E-state index in [2.05, 4.69) is 35.2 Å². The Morgan fingerprint density at radius 3 is 2.85 bits per heavy atom. The summed E-state index contributed by atoms with van der Waals surface area (Å²) in [6.45, 7) is 0.370. The average molecular weight is 460 g/mol. The summed E-state index contributed by atoms with van der Waals surface area (Å²) in [7, 11) is 0. The van der Waals surface area contributed by atoms with Crippen molar-refractivity contribution in [3.05, 3.63) is 84.2 Å². The van der Waals surface area contributed by atoms with Crippen molar-refractivity contribution in [2.24, 2.45) is 0 Å². The predicted molar refractivity (Wildman–Crippen MR) is 122 cm³/mol. The number of aromatic amines is 1. The minimum atomic E-state index is -0.346. The minimum Gasteiger partial charge on any atom is -0.361 e. The summed E-state index contributed by atoms with van der Waals surface area (Å²) in [6, 6.07) is 11.7. The lowest BCUT2D eigenvalue weighted by Crippen LogP contribution is -2.08. The maximum absolute atomic E-state index is 13.9. The number of hydrogen-bond acceptors (Lipinski definition) is 6. The summed E-state index contributed by atoms with van der Waals surface area (Å²) in [4.78, 5) is 25.7. The molecule has 0 radical (unpaired) electrons. The van der Waals surface area contributed by atoms with E-state index in [0.717, 1.165) is 11.0 Å². The van der Waals surface area contributed by atoms with E-state index in [1.54, 1.807) is 52.4 Å². The molecule has 0 aliphatic rings. The quantitative estimate of drug-likeness (QED) is 0.399. The molecule has 162 valence electrons. The van der Waals surface area contributed by atoms with Gasteiger partial charge in [0.15, 0.2) is 17.0 Å². The van der Waals surface area contributed by atoms with Crippen LogP contribution in [0.25, 0.3) is 33.8 Å². The molecule has 11 heteroatoms. The molecule has 2 aromatic carbocycles. The first-order valence-electron chi connectivity index (χ1n) is 10.0. The van der Waals surface area contributed by atoms with Crippen molar-refractivity contribution in [2.45, 2.75) is 6.54 Å². The van der Waals surface area contributed by atoms with Gasteiger partial charge in [0.25, 0.3) is 0 Å². The van der Waals surface area contributed by atoms with Crippen LogP contribution in [-0.2, 0) is 6.54 Å². The number of fused-ring (bicyclic) bond motifs is 2. The molecule has 4 aromatic heterocycles. The Balaban J connectivity index is 1.43. The van der Waals surface area contributed by atoms with Crippen molar-refractivity contribution in [3.8, 4) is 11.6 Å². The number of aromatic nitrogens is 8. The second-order valence-corrected chi connectivity index (χ2v) is 7.74. The van der Waals surface area contributed by atoms with Crippen LogP contribution in [0.15, 0.2) is 67.5 Å². The number of benzene rings is 2. The van der Waals surface area contributed by atoms with Gasteiger partial charge < -0.3 is 10.3 Å². The first-order valence-corrected chi connectivity index (χ1v) is 10.4. The fourth-order valence-corrected chi connectivity index (χ4v) is 3.78. The third-order valence-electron chi connectivity index (χ3n) is 5.12. The fraction of sp³-hybridized carbons (Fsp3) is 0.0455. The maximum Gasteiger partial charge on any atom is 0.239 e. The van der Waals surface area contributed by atoms with E-state index in [1.165, 1.54) is 12.1 Å². The Labute approximate surface area is 190 Å². The highest BCUT2D eigenvalue weighted by Crippen LogP contribution is 2.24. The molecular formula is C22H15ClFN9. The Kier molecular flexibility index (Phi) is 4.51. The normalized spacial score (nSPS) is 11.5. The molecule has 0 atom stereocenters. The van der Waals surface area contributed by atoms with Crippen LogP contribution in [-0.4, -0.2) is 39.0 Å². The smallest absolute Gasteiger partial charge is 0.239 e. The van der Waals surface area contributed by atoms with Crippen LogP contribution in [0, 0.1) is 5.82 Å². The number of H-pyrrole nitrogens is 1. The molecule has 0 aliphatic carbocycles. The van der Waals surface area contributed by atoms with Gasteiger partial charge in [0, 0.05) is 17.4 Å². The second kappa shape index (κ2) is 7.68. The van der Waals surface area contributed by atoms with Crippen LogP contribution < -0.4 is 5.32 Å². The van der Waals surface area contributed by atoms with Crippen molar-refractivity contribution in [1.82, 2.24) is 39.0 Å². The lowest BCUT2D eigenvalue weighted by molar-refractivity contribution is 0.626. The van der Waals surface area contributed by atoms with Crippen molar-refractivity contribution in [1.29, 1.82) is 0 Å². The van der Waals surface area contributed by atoms with E-state index in [1.807, 2.05) is 12.1 Å². The van der Waals surface area contributed by atoms with E-state index in [-0.39, 0.29) is 5.82 Å². The van der Waals surface area contributed by atoms with E-state index >= 15 is 0 Å². The third kappa shape index (κ3) is 3.56. The van der Waals surface area contributed by atoms with Crippen molar-refractivity contribution >= 4 is 39.6 Å². The van der Waals surface area contributed by atoms with Crippen molar-refractivity contribution in [2.75, 3.05) is 5.32 Å². The Morgan fingerprint density at radius 1 is 1.06 bits per heavy atom. The molecule has 9 nitrogen and oxygen atoms in total. The number of nitrogens with one attached hydrogen (secondary N) is 2. The van der Waals surface area contributed by atoms with Gasteiger partial charge in [-0.25, -0.2) is 19.3 Å². The van der Waals surface area contributed by atoms with Crippen molar-refractivity contribution in [3.63, 3.8) is 0 Å². The van der Waals surface area contributed by atoms with Crippen molar-refractivity contribution < 1.29 is 4.39 Å². The minimum absolute atomic E-state index is 0.346. The van der Waals surface area contributed by atoms with Gasteiger partial charge in [0.05, 0.1) is 23.3 Å². The standard InChI is InChI=1S/C22H15ClFN9/c23-13-4-5-16-17(8-13)29-18(28-16)10-26-20-19-21(31-22(30-20)32-7-6-25-11-32)33(12-27-19)15-3-1-2-14(24)9-15/h1-9,11-12H,10H2,(H,28,29)(H,26,30,31). The van der Waals surface area contributed by atoms with E-state index < -0.39 is 0 Å². The molecule has 0 bridgehead atoms. The van der Waals surface area contributed by atoms with Crippen LogP contribution in [0.3, 0.4) is 0 Å². The molecule has 6 rings (SSSR count). The van der Waals surface area contributed by atoms with Gasteiger partial charge >= 0.3 is 0 Å². The lowest BCUT2D eigenvalue weighted by Gasteiger charge is -2.09. The highest BCUT2D eigenvalue weighted by Gasteiger charge is 2.16. The van der Waals surface area contributed by atoms with Gasteiger partial charge in [-0.15, -0.1) is 0 Å². The highest BCUT2D eigenvalue weighted by molar-refractivity contribution is 6.31. The number of nitrogens with zero attached hydrogens (tertiary/aromatic N) is 7. The van der Waals surface area contributed by atoms with E-state index in [9.17, 15) is 4.39 Å². The van der Waals surface area contributed by atoms with Gasteiger partial charge in [-0.05, 0) is 36.4 Å². The number of anilines is 1. The molecule has 0 unspecified atom stereocenters. The topological polar surface area (TPSA) is 102 Å². The summed E-state index contributed by atoms with van der Waals surface area (Å²) < 4.78 is 17.3. The Morgan fingerprint density at radius 2 is 2.00 bits per heavy atom. The average Bonchev–Trinajstić information content (AvgIpc) is 3.56. The fourth-order valence-electron chi connectivity index (χ4n) is 3.61. The predicted octanol–water partition coefficient (Wildman–Crippen LogP) is 4.28. The molecule has 0 saturated carbocycles. The summed E-state index contributed by atoms with van der Waals surface area (Å²) in [5.74, 6) is 1.28. The van der Waals surface area contributed by atoms with Gasteiger partial charge in [-0.2, -0.15) is 9.97 Å². The summed E-state index contributed by atoms with van der Waals surface area (Å²) in [5.41, 5.74) is 3.34. The molecule has 0 spiro atoms. The zero-order valence-corrected chi connectivity index (χ0v) is 17.7. The molecule has 0 fully saturated rings. The highest BCUT2D eigenvalue weighted by atomic mass is 35.5. The van der Waals surface area contributed by atoms with Gasteiger partial charge in [0.1, 0.15) is 24.3 Å². The summed E-state index contributed by atoms with van der Waals surface area (Å²) >= 11 is 6.07. The molecular weight excluding hydrogens is 445 g/mol. The third-order valence-corrected chi connectivity index (χ3v) is 5.36. The molecule has 0 saturated heterocycles. The lowest BCUT2D eigenvalue weighted by atomic mass is 10.3. The monoisotopic (exact) mass is 459 g/mol. The largest absolute Gasteiger partial charge is 0.361 e. The molecule has 0 amide bonds. The number of rotatable bonds is 5. The second-order valence-electron chi connectivity index (χ2n) is 7.31. The van der Waals surface area contributed by atoms with Crippen LogP contribution >= 0.6 is 11.6 Å². The Bertz CT molecular complexity index is 1600. The summed E-state index contributed by atoms with van der Waals surface area (Å²) in [5, 5.41) is 3.93. The van der Waals surface area contributed by atoms with Crippen LogP contribution in [0.5, 0.6) is 0 Å². The number of hydrogen-bond donors (Lipinski definition) is 2. The van der Waals surface area contributed by atoms with E-state index in [4.69, 9.17) is 11.6 Å². The van der Waals surface area contributed by atoms with Crippen LogP contribution in [0.2, 0.25) is 5.02 Å². The summed E-state index contributed by atoms with van der Waals surface area (Å²) in [6.07, 6.45) is 6.60. The van der Waals surface area contributed by atoms with Gasteiger partial charge in [-0.3, -0.25) is 9.13 Å². The van der Waals surface area contributed by atoms with Gasteiger partial charge in [-0.1, -0.05) is 17.7 Å². The molecule has 4 heterocycles. The van der Waals surface area contributed by atoms with Gasteiger partial charge in [0.2, 0.25) is 5.95 Å². The SMILES string of the molecule is Fc1cccc(-n2cnc3c(NCc4nc5ccc(Cl)cc5[nH]4)nc(-n4ccnc4)nc32)c1. The number of halogens is 2. The van der Waals surface area contributed by atoms with Crippen LogP contribution in [0.4, 0.5) is 10.2 Å². The molecule has 0 aliphatic heterocycles. The first kappa shape index (κ1) is 19.4. The first-order chi connectivity index (χ1) is 16.1. The zero-order valence-electron chi connectivity index (χ0n) is 16.9.